The molecule has 6 nitrogen and oxygen atoms in total. The number of benzene rings is 2. The number of hydrogen-bond acceptors (Lipinski definition) is 4. The van der Waals surface area contributed by atoms with Crippen molar-refractivity contribution in [3.8, 4) is 5.75 Å². The molecule has 1 saturated carbocycles. The first-order valence-electron chi connectivity index (χ1n) is 8.04. The summed E-state index contributed by atoms with van der Waals surface area (Å²) in [4.78, 5) is 10.7. The number of carboxylic acids is 1. The van der Waals surface area contributed by atoms with Crippen LogP contribution in [0.1, 0.15) is 28.8 Å². The number of halogens is 1. The largest absolute Gasteiger partial charge is 0.490 e. The first-order chi connectivity index (χ1) is 12.3. The Morgan fingerprint density at radius 1 is 1.23 bits per heavy atom. The molecule has 138 valence electrons. The lowest BCUT2D eigenvalue weighted by Gasteiger charge is -2.35. The van der Waals surface area contributed by atoms with E-state index in [1.165, 1.54) is 6.92 Å². The zero-order valence-electron chi connectivity index (χ0n) is 14.0. The van der Waals surface area contributed by atoms with Crippen molar-refractivity contribution in [2.24, 2.45) is 0 Å². The molecule has 26 heavy (non-hydrogen) atoms. The predicted molar refractivity (Wildman–Crippen MR) is 92.3 cm³/mol. The summed E-state index contributed by atoms with van der Waals surface area (Å²) in [6, 6.07) is 10.6. The molecular weight excluding hydrogens is 361 g/mol. The van der Waals surface area contributed by atoms with Gasteiger partial charge in [-0.1, -0.05) is 18.2 Å². The van der Waals surface area contributed by atoms with Gasteiger partial charge >= 0.3 is 5.97 Å². The molecule has 1 aliphatic carbocycles. The van der Waals surface area contributed by atoms with Gasteiger partial charge in [0.15, 0.2) is 0 Å². The summed E-state index contributed by atoms with van der Waals surface area (Å²) in [5, 5.41) is 9.01. The van der Waals surface area contributed by atoms with Crippen molar-refractivity contribution in [3.63, 3.8) is 0 Å². The molecule has 1 aliphatic rings. The number of para-hydroxylation sites is 1. The van der Waals surface area contributed by atoms with E-state index < -0.39 is 27.4 Å². The van der Waals surface area contributed by atoms with Crippen molar-refractivity contribution in [3.05, 3.63) is 59.4 Å². The molecule has 8 heteroatoms. The first-order valence-corrected chi connectivity index (χ1v) is 9.52. The highest BCUT2D eigenvalue weighted by molar-refractivity contribution is 7.89. The maximum Gasteiger partial charge on any atom is 0.335 e. The molecule has 0 spiro atoms. The van der Waals surface area contributed by atoms with E-state index >= 15 is 0 Å². The van der Waals surface area contributed by atoms with Crippen molar-refractivity contribution in [1.29, 1.82) is 0 Å². The SMILES string of the molecule is Cc1c(F)cc(C(=O)O)cc1S(=O)(=O)NC1CC(Oc2ccccc2)C1. The Bertz CT molecular complexity index is 924. The van der Waals surface area contributed by atoms with Crippen LogP contribution in [0.4, 0.5) is 4.39 Å². The summed E-state index contributed by atoms with van der Waals surface area (Å²) in [5.74, 6) is -1.55. The van der Waals surface area contributed by atoms with Crippen LogP contribution in [0, 0.1) is 12.7 Å². The minimum absolute atomic E-state index is 0.103. The van der Waals surface area contributed by atoms with Crippen LogP contribution in [0.15, 0.2) is 47.4 Å². The quantitative estimate of drug-likeness (QED) is 0.805. The molecule has 1 fully saturated rings. The first kappa shape index (κ1) is 18.3. The van der Waals surface area contributed by atoms with Crippen LogP contribution >= 0.6 is 0 Å². The molecular formula is C18H18FNO5S. The second-order valence-electron chi connectivity index (χ2n) is 6.23. The molecule has 2 aromatic rings. The van der Waals surface area contributed by atoms with E-state index in [2.05, 4.69) is 4.72 Å². The molecule has 0 unspecified atom stereocenters. The third kappa shape index (κ3) is 3.86. The maximum atomic E-state index is 13.9. The third-order valence-electron chi connectivity index (χ3n) is 4.30. The molecule has 3 rings (SSSR count). The number of carbonyl (C=O) groups is 1. The van der Waals surface area contributed by atoms with E-state index in [4.69, 9.17) is 9.84 Å². The molecule has 0 amide bonds. The fourth-order valence-electron chi connectivity index (χ4n) is 2.79. The van der Waals surface area contributed by atoms with Crippen molar-refractivity contribution in [1.82, 2.24) is 4.72 Å². The van der Waals surface area contributed by atoms with E-state index in [1.807, 2.05) is 30.3 Å². The van der Waals surface area contributed by atoms with Gasteiger partial charge in [0, 0.05) is 24.4 Å². The van der Waals surface area contributed by atoms with E-state index in [0.717, 1.165) is 12.1 Å². The van der Waals surface area contributed by atoms with Gasteiger partial charge in [-0.3, -0.25) is 0 Å². The molecule has 0 atom stereocenters. The van der Waals surface area contributed by atoms with Gasteiger partial charge in [-0.25, -0.2) is 22.3 Å². The Hall–Kier alpha value is -2.45. The van der Waals surface area contributed by atoms with Crippen LogP contribution in [0.3, 0.4) is 0 Å². The number of aromatic carboxylic acids is 1. The van der Waals surface area contributed by atoms with Crippen LogP contribution in [0.2, 0.25) is 0 Å². The zero-order chi connectivity index (χ0) is 18.9. The van der Waals surface area contributed by atoms with Gasteiger partial charge in [-0.15, -0.1) is 0 Å². The topological polar surface area (TPSA) is 92.7 Å². The lowest BCUT2D eigenvalue weighted by molar-refractivity contribution is 0.0696. The van der Waals surface area contributed by atoms with Gasteiger partial charge in [-0.2, -0.15) is 0 Å². The average molecular weight is 379 g/mol. The lowest BCUT2D eigenvalue weighted by Crippen LogP contribution is -2.49. The summed E-state index contributed by atoms with van der Waals surface area (Å²) < 4.78 is 47.2. The standard InChI is InChI=1S/C18H18FNO5S/c1-11-16(19)7-12(18(21)22)8-17(11)26(23,24)20-13-9-15(10-13)25-14-5-3-2-4-6-14/h2-8,13,15,20H,9-10H2,1H3,(H,21,22). The minimum atomic E-state index is -4.03. The molecule has 2 N–H and O–H groups in total. The van der Waals surface area contributed by atoms with Gasteiger partial charge in [0.2, 0.25) is 10.0 Å². The van der Waals surface area contributed by atoms with Crippen LogP contribution in [0.25, 0.3) is 0 Å². The molecule has 0 radical (unpaired) electrons. The smallest absolute Gasteiger partial charge is 0.335 e. The number of rotatable bonds is 6. The van der Waals surface area contributed by atoms with E-state index in [0.29, 0.717) is 18.6 Å². The Balaban J connectivity index is 1.68. The maximum absolute atomic E-state index is 13.9. The normalized spacial score (nSPS) is 19.6. The highest BCUT2D eigenvalue weighted by atomic mass is 32.2. The van der Waals surface area contributed by atoms with Gasteiger partial charge in [0.25, 0.3) is 0 Å². The summed E-state index contributed by atoms with van der Waals surface area (Å²) >= 11 is 0. The average Bonchev–Trinajstić information content (AvgIpc) is 2.55. The number of carboxylic acid groups (broad SMARTS) is 1. The third-order valence-corrected chi connectivity index (χ3v) is 5.94. The van der Waals surface area contributed by atoms with Crippen molar-refractivity contribution in [2.75, 3.05) is 0 Å². The van der Waals surface area contributed by atoms with Gasteiger partial charge in [0.05, 0.1) is 10.5 Å². The minimum Gasteiger partial charge on any atom is -0.490 e. The highest BCUT2D eigenvalue weighted by Gasteiger charge is 2.35. The second kappa shape index (κ2) is 7.05. The van der Waals surface area contributed by atoms with Crippen LogP contribution in [-0.4, -0.2) is 31.6 Å². The van der Waals surface area contributed by atoms with Crippen LogP contribution in [-0.2, 0) is 10.0 Å². The molecule has 0 saturated heterocycles. The Kier molecular flexibility index (Phi) is 4.97. The molecule has 0 aromatic heterocycles. The zero-order valence-corrected chi connectivity index (χ0v) is 14.8. The van der Waals surface area contributed by atoms with Crippen molar-refractivity contribution in [2.45, 2.75) is 36.8 Å². The van der Waals surface area contributed by atoms with Crippen molar-refractivity contribution < 1.29 is 27.4 Å². The van der Waals surface area contributed by atoms with Crippen molar-refractivity contribution >= 4 is 16.0 Å². The summed E-state index contributed by atoms with van der Waals surface area (Å²) in [5.41, 5.74) is -0.522. The molecule has 0 aliphatic heterocycles. The number of nitrogens with one attached hydrogen (secondary N) is 1. The second-order valence-corrected chi connectivity index (χ2v) is 7.91. The molecule has 0 bridgehead atoms. The Morgan fingerprint density at radius 3 is 2.50 bits per heavy atom. The van der Waals surface area contributed by atoms with E-state index in [9.17, 15) is 17.6 Å². The summed E-state index contributed by atoms with van der Waals surface area (Å²) in [7, 11) is -4.03. The monoisotopic (exact) mass is 379 g/mol. The summed E-state index contributed by atoms with van der Waals surface area (Å²) in [6.45, 7) is 1.30. The molecule has 0 heterocycles. The van der Waals surface area contributed by atoms with E-state index in [-0.39, 0.29) is 22.6 Å². The molecule has 2 aromatic carbocycles. The lowest BCUT2D eigenvalue weighted by atomic mass is 9.90. The highest BCUT2D eigenvalue weighted by Crippen LogP contribution is 2.28. The predicted octanol–water partition coefficient (Wildman–Crippen LogP) is 2.72. The van der Waals surface area contributed by atoms with Crippen LogP contribution in [0.5, 0.6) is 5.75 Å². The fourth-order valence-corrected chi connectivity index (χ4v) is 4.33. The van der Waals surface area contributed by atoms with Gasteiger partial charge < -0.3 is 9.84 Å². The van der Waals surface area contributed by atoms with E-state index in [1.54, 1.807) is 0 Å². The number of sulfonamides is 1. The summed E-state index contributed by atoms with van der Waals surface area (Å²) in [6.07, 6.45) is 0.857. The van der Waals surface area contributed by atoms with Crippen LogP contribution < -0.4 is 9.46 Å². The van der Waals surface area contributed by atoms with Gasteiger partial charge in [0.1, 0.15) is 17.7 Å². The fraction of sp³-hybridized carbons (Fsp3) is 0.278. The van der Waals surface area contributed by atoms with Gasteiger partial charge in [-0.05, 0) is 31.2 Å². The number of ether oxygens (including phenoxy) is 1. The Morgan fingerprint density at radius 2 is 1.88 bits per heavy atom. The Labute approximate surface area is 150 Å². The number of hydrogen-bond donors (Lipinski definition) is 2.